The van der Waals surface area contributed by atoms with Crippen LogP contribution in [0.15, 0.2) is 91.1 Å². The van der Waals surface area contributed by atoms with Crippen LogP contribution in [0.25, 0.3) is 22.0 Å². The number of nitrogens with one attached hydrogen (secondary N) is 1. The standard InChI is InChI=1S/C38H39ClN4O5/c39-29-6-4-27(5-7-29)32-2-1-3-36(47-23-20-41-18-21-46-22-19-41)34(32)26-42-14-16-43(17-15-42)30-8-10-33(38(44)45)37(25-30)48-31-9-11-35-28(24-31)12-13-40-35/h1-13,24-25,40H,14-23,26H2,(H,44,45). The first-order valence-electron chi connectivity index (χ1n) is 16.4. The lowest BCUT2D eigenvalue weighted by Crippen LogP contribution is -2.46. The highest BCUT2D eigenvalue weighted by Gasteiger charge is 2.23. The summed E-state index contributed by atoms with van der Waals surface area (Å²) in [6.07, 6.45) is 1.87. The van der Waals surface area contributed by atoms with Crippen LogP contribution in [0.3, 0.4) is 0 Å². The number of ether oxygens (including phenoxy) is 3. The topological polar surface area (TPSA) is 90.5 Å². The SMILES string of the molecule is O=C(O)c1ccc(N2CCN(Cc3c(OCCN4CCOCC4)cccc3-c3ccc(Cl)cc3)CC2)cc1Oc1ccc2[nH]ccc2c1. The van der Waals surface area contributed by atoms with E-state index in [0.717, 1.165) is 105 Å². The van der Waals surface area contributed by atoms with Crippen molar-refractivity contribution < 1.29 is 24.1 Å². The molecule has 0 amide bonds. The molecule has 5 aromatic rings. The maximum absolute atomic E-state index is 12.1. The van der Waals surface area contributed by atoms with E-state index < -0.39 is 5.97 Å². The zero-order valence-corrected chi connectivity index (χ0v) is 27.5. The van der Waals surface area contributed by atoms with Gasteiger partial charge in [-0.05, 0) is 65.7 Å². The second-order valence-electron chi connectivity index (χ2n) is 12.2. The molecular formula is C38H39ClN4O5. The lowest BCUT2D eigenvalue weighted by molar-refractivity contribution is 0.0321. The van der Waals surface area contributed by atoms with Crippen LogP contribution in [-0.4, -0.2) is 91.5 Å². The Kier molecular flexibility index (Phi) is 9.81. The number of aromatic carboxylic acids is 1. The van der Waals surface area contributed by atoms with Crippen molar-refractivity contribution in [1.29, 1.82) is 0 Å². The van der Waals surface area contributed by atoms with Gasteiger partial charge in [0.1, 0.15) is 29.4 Å². The molecule has 0 atom stereocenters. The third-order valence-corrected chi connectivity index (χ3v) is 9.38. The molecule has 0 radical (unpaired) electrons. The predicted octanol–water partition coefficient (Wildman–Crippen LogP) is 7.01. The van der Waals surface area contributed by atoms with E-state index in [1.807, 2.05) is 54.7 Å². The number of benzene rings is 4. The number of aromatic nitrogens is 1. The van der Waals surface area contributed by atoms with Crippen molar-refractivity contribution in [3.05, 3.63) is 107 Å². The minimum absolute atomic E-state index is 0.131. The first-order chi connectivity index (χ1) is 23.5. The van der Waals surface area contributed by atoms with Crippen LogP contribution in [0.2, 0.25) is 5.02 Å². The van der Waals surface area contributed by atoms with Gasteiger partial charge >= 0.3 is 5.97 Å². The Labute approximate surface area is 285 Å². The zero-order valence-electron chi connectivity index (χ0n) is 26.7. The second-order valence-corrected chi connectivity index (χ2v) is 12.6. The van der Waals surface area contributed by atoms with Crippen LogP contribution in [0.4, 0.5) is 5.69 Å². The first-order valence-corrected chi connectivity index (χ1v) is 16.8. The van der Waals surface area contributed by atoms with Crippen LogP contribution in [0.1, 0.15) is 15.9 Å². The number of aromatic amines is 1. The summed E-state index contributed by atoms with van der Waals surface area (Å²) in [5.41, 5.74) is 5.47. The van der Waals surface area contributed by atoms with Crippen molar-refractivity contribution in [2.45, 2.75) is 6.54 Å². The van der Waals surface area contributed by atoms with Crippen LogP contribution in [0, 0.1) is 0 Å². The van der Waals surface area contributed by atoms with Gasteiger partial charge in [-0.25, -0.2) is 4.79 Å². The Bertz CT molecular complexity index is 1860. The normalized spacial score (nSPS) is 15.9. The molecule has 1 aromatic heterocycles. The highest BCUT2D eigenvalue weighted by Crippen LogP contribution is 2.35. The molecule has 10 heteroatoms. The van der Waals surface area contributed by atoms with Crippen molar-refractivity contribution in [1.82, 2.24) is 14.8 Å². The number of hydrogen-bond donors (Lipinski definition) is 2. The van der Waals surface area contributed by atoms with Crippen molar-refractivity contribution in [2.75, 3.05) is 70.5 Å². The van der Waals surface area contributed by atoms with Gasteiger partial charge in [0.15, 0.2) is 0 Å². The minimum Gasteiger partial charge on any atom is -0.492 e. The van der Waals surface area contributed by atoms with Gasteiger partial charge in [-0.3, -0.25) is 9.80 Å². The average Bonchev–Trinajstić information content (AvgIpc) is 3.58. The number of carbonyl (C=O) groups is 1. The van der Waals surface area contributed by atoms with Crippen molar-refractivity contribution >= 4 is 34.2 Å². The third kappa shape index (κ3) is 7.45. The maximum Gasteiger partial charge on any atom is 0.339 e. The van der Waals surface area contributed by atoms with Gasteiger partial charge in [0, 0.05) is 91.8 Å². The molecular weight excluding hydrogens is 628 g/mol. The number of piperazine rings is 1. The Morgan fingerprint density at radius 2 is 1.67 bits per heavy atom. The fourth-order valence-corrected chi connectivity index (χ4v) is 6.58. The molecule has 2 N–H and O–H groups in total. The molecule has 2 aliphatic rings. The van der Waals surface area contributed by atoms with E-state index >= 15 is 0 Å². The molecule has 2 aliphatic heterocycles. The molecule has 48 heavy (non-hydrogen) atoms. The lowest BCUT2D eigenvalue weighted by Gasteiger charge is -2.37. The molecule has 0 spiro atoms. The van der Waals surface area contributed by atoms with Gasteiger partial charge in [-0.15, -0.1) is 0 Å². The fourth-order valence-electron chi connectivity index (χ4n) is 6.45. The van der Waals surface area contributed by atoms with E-state index in [4.69, 9.17) is 25.8 Å². The molecule has 248 valence electrons. The molecule has 0 bridgehead atoms. The summed E-state index contributed by atoms with van der Waals surface area (Å²) >= 11 is 6.23. The van der Waals surface area contributed by atoms with Crippen LogP contribution in [0.5, 0.6) is 17.2 Å². The number of fused-ring (bicyclic) bond motifs is 1. The summed E-state index contributed by atoms with van der Waals surface area (Å²) in [5.74, 6) is 0.801. The number of anilines is 1. The molecule has 0 aliphatic carbocycles. The number of nitrogens with zero attached hydrogens (tertiary/aromatic N) is 3. The van der Waals surface area contributed by atoms with E-state index in [9.17, 15) is 9.90 Å². The number of carboxylic acids is 1. The molecule has 0 unspecified atom stereocenters. The Hall–Kier alpha value is -4.54. The average molecular weight is 667 g/mol. The number of hydrogen-bond acceptors (Lipinski definition) is 7. The molecule has 7 rings (SSSR count). The Morgan fingerprint density at radius 1 is 0.854 bits per heavy atom. The number of H-pyrrole nitrogens is 1. The van der Waals surface area contributed by atoms with Gasteiger partial charge in [-0.1, -0.05) is 35.9 Å². The van der Waals surface area contributed by atoms with Crippen LogP contribution < -0.4 is 14.4 Å². The van der Waals surface area contributed by atoms with Crippen molar-refractivity contribution in [3.8, 4) is 28.4 Å². The Balaban J connectivity index is 1.06. The fraction of sp³-hybridized carbons (Fsp3) is 0.289. The Morgan fingerprint density at radius 3 is 2.46 bits per heavy atom. The lowest BCUT2D eigenvalue weighted by atomic mass is 9.98. The minimum atomic E-state index is -1.02. The quantitative estimate of drug-likeness (QED) is 0.156. The zero-order chi connectivity index (χ0) is 32.9. The molecule has 9 nitrogen and oxygen atoms in total. The second kappa shape index (κ2) is 14.7. The summed E-state index contributed by atoms with van der Waals surface area (Å²) in [5, 5.41) is 11.6. The number of rotatable bonds is 11. The molecule has 2 fully saturated rings. The molecule has 2 saturated heterocycles. The van der Waals surface area contributed by atoms with Crippen molar-refractivity contribution in [3.63, 3.8) is 0 Å². The largest absolute Gasteiger partial charge is 0.492 e. The summed E-state index contributed by atoms with van der Waals surface area (Å²) in [6.45, 7) is 8.87. The summed E-state index contributed by atoms with van der Waals surface area (Å²) in [4.78, 5) is 22.4. The molecule has 4 aromatic carbocycles. The van der Waals surface area contributed by atoms with Crippen LogP contribution >= 0.6 is 11.6 Å². The third-order valence-electron chi connectivity index (χ3n) is 9.12. The molecule has 0 saturated carbocycles. The van der Waals surface area contributed by atoms with E-state index in [1.54, 1.807) is 6.07 Å². The highest BCUT2D eigenvalue weighted by molar-refractivity contribution is 6.30. The molecule has 3 heterocycles. The number of morpholine rings is 1. The number of carboxylic acid groups (broad SMARTS) is 1. The summed E-state index contributed by atoms with van der Waals surface area (Å²) < 4.78 is 18.1. The smallest absolute Gasteiger partial charge is 0.339 e. The van der Waals surface area contributed by atoms with Gasteiger partial charge in [0.05, 0.1) is 13.2 Å². The van der Waals surface area contributed by atoms with Gasteiger partial charge in [-0.2, -0.15) is 0 Å². The first kappa shape index (κ1) is 32.0. The van der Waals surface area contributed by atoms with Crippen molar-refractivity contribution in [2.24, 2.45) is 0 Å². The van der Waals surface area contributed by atoms with E-state index in [-0.39, 0.29) is 5.56 Å². The monoisotopic (exact) mass is 666 g/mol. The van der Waals surface area contributed by atoms with Gasteiger partial charge < -0.3 is 29.2 Å². The van der Waals surface area contributed by atoms with Crippen LogP contribution in [-0.2, 0) is 11.3 Å². The number of halogens is 1. The van der Waals surface area contributed by atoms with E-state index in [0.29, 0.717) is 23.1 Å². The summed E-state index contributed by atoms with van der Waals surface area (Å²) in [7, 11) is 0. The van der Waals surface area contributed by atoms with Gasteiger partial charge in [0.2, 0.25) is 0 Å². The highest BCUT2D eigenvalue weighted by atomic mass is 35.5. The van der Waals surface area contributed by atoms with Gasteiger partial charge in [0.25, 0.3) is 0 Å². The van der Waals surface area contributed by atoms with E-state index in [1.165, 1.54) is 0 Å². The summed E-state index contributed by atoms with van der Waals surface area (Å²) in [6, 6.07) is 27.3. The predicted molar refractivity (Wildman–Crippen MR) is 189 cm³/mol. The van der Waals surface area contributed by atoms with E-state index in [2.05, 4.69) is 50.0 Å². The maximum atomic E-state index is 12.1.